The van der Waals surface area contributed by atoms with E-state index in [-0.39, 0.29) is 35.5 Å². The molecule has 0 radical (unpaired) electrons. The number of nitrogens with zero attached hydrogens (tertiary/aromatic N) is 4. The predicted octanol–water partition coefficient (Wildman–Crippen LogP) is 2.40. The number of fused-ring (bicyclic) bond motifs is 2. The largest absolute Gasteiger partial charge is 0.445 e. The molecule has 0 fully saturated rings. The van der Waals surface area contributed by atoms with E-state index in [1.165, 1.54) is 0 Å². The number of ether oxygens (including phenoxy) is 1. The zero-order valence-corrected chi connectivity index (χ0v) is 19.8. The van der Waals surface area contributed by atoms with Crippen LogP contribution in [0.5, 0.6) is 0 Å². The number of rotatable bonds is 8. The van der Waals surface area contributed by atoms with E-state index in [9.17, 15) is 40.7 Å². The molecule has 1 aliphatic rings. The number of aromatic nitrogens is 3. The van der Waals surface area contributed by atoms with E-state index in [4.69, 9.17) is 9.57 Å². The van der Waals surface area contributed by atoms with Crippen LogP contribution in [-0.4, -0.2) is 45.2 Å². The number of likely N-dealkylation sites (N-methyl/N-ethyl adjacent to an activating group) is 1. The highest BCUT2D eigenvalue weighted by molar-refractivity contribution is 6.30. The Morgan fingerprint density at radius 1 is 0.923 bits per heavy atom. The van der Waals surface area contributed by atoms with Crippen LogP contribution in [0.4, 0.5) is 26.3 Å². The number of alkyl halides is 6. The van der Waals surface area contributed by atoms with E-state index in [2.05, 4.69) is 9.94 Å². The molecule has 3 aromatic rings. The fourth-order valence-corrected chi connectivity index (χ4v) is 3.74. The smallest absolute Gasteiger partial charge is 0.375 e. The van der Waals surface area contributed by atoms with Crippen molar-refractivity contribution in [1.82, 2.24) is 19.6 Å². The van der Waals surface area contributed by atoms with Gasteiger partial charge in [0.05, 0.1) is 36.9 Å². The van der Waals surface area contributed by atoms with E-state index in [1.807, 2.05) is 0 Å². The van der Waals surface area contributed by atoms with E-state index in [0.717, 1.165) is 0 Å². The number of carbonyl (C=O) groups is 2. The molecule has 0 saturated carbocycles. The van der Waals surface area contributed by atoms with Crippen molar-refractivity contribution in [1.29, 1.82) is 0 Å². The molecule has 39 heavy (non-hydrogen) atoms. The number of hydrogen-bond acceptors (Lipinski definition) is 8. The Morgan fingerprint density at radius 2 is 1.51 bits per heavy atom. The van der Waals surface area contributed by atoms with Crippen LogP contribution in [0.25, 0.3) is 0 Å². The molecule has 4 rings (SSSR count). The third-order valence-corrected chi connectivity index (χ3v) is 5.59. The Balaban J connectivity index is 1.55. The number of benzene rings is 2. The summed E-state index contributed by atoms with van der Waals surface area (Å²) in [5.41, 5.74) is -3.68. The zero-order valence-electron chi connectivity index (χ0n) is 19.8. The second kappa shape index (κ2) is 10.5. The molecule has 0 N–H and O–H groups in total. The van der Waals surface area contributed by atoms with Crippen LogP contribution in [0, 0.1) is 0 Å². The van der Waals surface area contributed by atoms with Gasteiger partial charge in [-0.25, -0.2) is 14.4 Å². The van der Waals surface area contributed by atoms with Gasteiger partial charge >= 0.3 is 30.0 Å². The molecule has 0 amide bonds. The van der Waals surface area contributed by atoms with Crippen molar-refractivity contribution in [2.24, 2.45) is 0 Å². The lowest BCUT2D eigenvalue weighted by atomic mass is 10.0. The highest BCUT2D eigenvalue weighted by atomic mass is 19.4. The van der Waals surface area contributed by atoms with Gasteiger partial charge in [-0.2, -0.15) is 26.3 Å². The molecular weight excluding hydrogens is 542 g/mol. The summed E-state index contributed by atoms with van der Waals surface area (Å²) in [6.07, 6.45) is -10.00. The quantitative estimate of drug-likeness (QED) is 0.306. The van der Waals surface area contributed by atoms with E-state index < -0.39 is 53.8 Å². The number of hydrogen-bond donors (Lipinski definition) is 0. The van der Waals surface area contributed by atoms with Gasteiger partial charge < -0.3 is 14.4 Å². The SMILES string of the molecule is CN(Cc1nn2c(=O)n1OC(=O)C(=O)O2)C(COCc1cc(C(F)(F)F)cc(C(F)(F)F)c1)c1ccccc1. The van der Waals surface area contributed by atoms with Crippen LogP contribution in [0.15, 0.2) is 53.3 Å². The highest BCUT2D eigenvalue weighted by Gasteiger charge is 2.37. The van der Waals surface area contributed by atoms with E-state index >= 15 is 0 Å². The summed E-state index contributed by atoms with van der Waals surface area (Å²) in [5.74, 6) is -3.05. The Bertz CT molecular complexity index is 1400. The molecule has 1 atom stereocenters. The lowest BCUT2D eigenvalue weighted by molar-refractivity contribution is -0.167. The molecule has 2 bridgehead atoms. The van der Waals surface area contributed by atoms with Crippen molar-refractivity contribution < 1.29 is 50.3 Å². The van der Waals surface area contributed by atoms with Gasteiger partial charge in [0.2, 0.25) is 0 Å². The first-order valence-electron chi connectivity index (χ1n) is 11.0. The summed E-state index contributed by atoms with van der Waals surface area (Å²) >= 11 is 0. The lowest BCUT2D eigenvalue weighted by Gasteiger charge is -2.28. The maximum Gasteiger partial charge on any atom is 0.445 e. The predicted molar refractivity (Wildman–Crippen MR) is 116 cm³/mol. The average Bonchev–Trinajstić information content (AvgIpc) is 3.08. The van der Waals surface area contributed by atoms with Crippen molar-refractivity contribution in [3.63, 3.8) is 0 Å². The first-order chi connectivity index (χ1) is 18.2. The van der Waals surface area contributed by atoms with Gasteiger partial charge in [-0.05, 0) is 41.2 Å². The molecule has 16 heteroatoms. The highest BCUT2D eigenvalue weighted by Crippen LogP contribution is 2.36. The lowest BCUT2D eigenvalue weighted by Crippen LogP contribution is -2.36. The minimum atomic E-state index is -5.00. The molecular formula is C23H18F6N4O6. The molecule has 2 heterocycles. The van der Waals surface area contributed by atoms with Crippen LogP contribution in [0.1, 0.15) is 34.1 Å². The van der Waals surface area contributed by atoms with Gasteiger partial charge in [-0.3, -0.25) is 4.90 Å². The van der Waals surface area contributed by atoms with Crippen molar-refractivity contribution >= 4 is 11.9 Å². The summed E-state index contributed by atoms with van der Waals surface area (Å²) in [7, 11) is 1.56. The summed E-state index contributed by atoms with van der Waals surface area (Å²) in [4.78, 5) is 46.3. The van der Waals surface area contributed by atoms with Crippen LogP contribution < -0.4 is 15.4 Å². The van der Waals surface area contributed by atoms with Gasteiger partial charge in [-0.15, -0.1) is 5.10 Å². The summed E-state index contributed by atoms with van der Waals surface area (Å²) < 4.78 is 85.1. The third kappa shape index (κ3) is 6.28. The van der Waals surface area contributed by atoms with Crippen LogP contribution in [-0.2, 0) is 39.8 Å². The monoisotopic (exact) mass is 560 g/mol. The molecule has 1 unspecified atom stereocenters. The molecule has 2 aromatic carbocycles. The van der Waals surface area contributed by atoms with Gasteiger partial charge in [0.25, 0.3) is 0 Å². The Hall–Kier alpha value is -4.18. The molecule has 1 aliphatic heterocycles. The topological polar surface area (TPSA) is 105 Å². The average molecular weight is 560 g/mol. The number of carbonyl (C=O) groups excluding carboxylic acids is 2. The van der Waals surface area contributed by atoms with Gasteiger partial charge in [0.15, 0.2) is 5.82 Å². The Morgan fingerprint density at radius 3 is 2.10 bits per heavy atom. The van der Waals surface area contributed by atoms with Crippen molar-refractivity contribution in [2.75, 3.05) is 13.7 Å². The summed E-state index contributed by atoms with van der Waals surface area (Å²) in [5, 5.41) is 3.80. The first-order valence-corrected chi connectivity index (χ1v) is 11.0. The fraction of sp³-hybridized carbons (Fsp3) is 0.304. The molecule has 10 nitrogen and oxygen atoms in total. The first kappa shape index (κ1) is 27.8. The molecule has 0 spiro atoms. The summed E-state index contributed by atoms with van der Waals surface area (Å²) in [6, 6.07) is 9.05. The minimum absolute atomic E-state index is 0.0294. The van der Waals surface area contributed by atoms with Crippen molar-refractivity contribution in [3.05, 3.63) is 87.1 Å². The van der Waals surface area contributed by atoms with Crippen molar-refractivity contribution in [2.45, 2.75) is 31.5 Å². The van der Waals surface area contributed by atoms with Crippen LogP contribution >= 0.6 is 0 Å². The van der Waals surface area contributed by atoms with Crippen molar-refractivity contribution in [3.8, 4) is 0 Å². The standard InChI is InChI=1S/C23H18F6N4O6/c1-31(10-18-30-33-21(36)32(18)38-19(34)20(35)39-33)17(14-5-3-2-4-6-14)12-37-11-13-7-15(22(24,25)26)9-16(8-13)23(27,28)29/h2-9,17H,10-12H2,1H3. The Kier molecular flexibility index (Phi) is 7.52. The normalized spacial score (nSPS) is 14.7. The molecule has 0 aliphatic carbocycles. The third-order valence-electron chi connectivity index (χ3n) is 5.59. The molecule has 1 aromatic heterocycles. The second-order valence-corrected chi connectivity index (χ2v) is 8.39. The van der Waals surface area contributed by atoms with E-state index in [1.54, 1.807) is 42.3 Å². The fourth-order valence-electron chi connectivity index (χ4n) is 3.74. The summed E-state index contributed by atoms with van der Waals surface area (Å²) in [6.45, 7) is -0.966. The Labute approximate surface area is 214 Å². The van der Waals surface area contributed by atoms with Gasteiger partial charge in [0, 0.05) is 0 Å². The zero-order chi connectivity index (χ0) is 28.5. The van der Waals surface area contributed by atoms with Gasteiger partial charge in [0.1, 0.15) is 0 Å². The van der Waals surface area contributed by atoms with Crippen LogP contribution in [0.3, 0.4) is 0 Å². The maximum absolute atomic E-state index is 13.2. The minimum Gasteiger partial charge on any atom is -0.375 e. The second-order valence-electron chi connectivity index (χ2n) is 8.39. The maximum atomic E-state index is 13.2. The number of halogens is 6. The van der Waals surface area contributed by atoms with E-state index in [0.29, 0.717) is 22.4 Å². The van der Waals surface area contributed by atoms with Crippen LogP contribution in [0.2, 0.25) is 0 Å². The molecule has 208 valence electrons. The van der Waals surface area contributed by atoms with Gasteiger partial charge in [-0.1, -0.05) is 35.1 Å². The molecule has 0 saturated heterocycles.